The molecule has 39 heavy (non-hydrogen) atoms. The normalized spacial score (nSPS) is 15.5. The fourth-order valence-corrected chi connectivity index (χ4v) is 4.73. The maximum absolute atomic E-state index is 12.8. The number of pyridine rings is 1. The predicted octanol–water partition coefficient (Wildman–Crippen LogP) is 3.12. The van der Waals surface area contributed by atoms with Crippen LogP contribution in [0, 0.1) is 22.8 Å². The summed E-state index contributed by atoms with van der Waals surface area (Å²) in [6, 6.07) is 11.3. The van der Waals surface area contributed by atoms with Crippen LogP contribution in [0.25, 0.3) is 5.52 Å². The fraction of sp³-hybridized carbons (Fsp3) is 0.357. The van der Waals surface area contributed by atoms with Gasteiger partial charge in [-0.3, -0.25) is 9.79 Å². The van der Waals surface area contributed by atoms with Crippen molar-refractivity contribution < 1.29 is 9.53 Å². The van der Waals surface area contributed by atoms with Crippen LogP contribution in [0.2, 0.25) is 0 Å². The lowest BCUT2D eigenvalue weighted by Crippen LogP contribution is -2.32. The van der Waals surface area contributed by atoms with Crippen LogP contribution < -0.4 is 10.6 Å². The van der Waals surface area contributed by atoms with Gasteiger partial charge in [-0.1, -0.05) is 18.2 Å². The summed E-state index contributed by atoms with van der Waals surface area (Å²) in [6.45, 7) is 5.03. The molecule has 1 fully saturated rings. The third-order valence-corrected chi connectivity index (χ3v) is 6.76. The van der Waals surface area contributed by atoms with Crippen LogP contribution in [0.4, 0.5) is 0 Å². The number of piperidine rings is 1. The molecule has 0 saturated carbocycles. The number of hydrogen-bond donors (Lipinski definition) is 1. The Morgan fingerprint density at radius 1 is 1.26 bits per heavy atom. The maximum Gasteiger partial charge on any atom is 0.253 e. The predicted molar refractivity (Wildman–Crippen MR) is 147 cm³/mol. The van der Waals surface area contributed by atoms with Crippen LogP contribution in [0.5, 0.6) is 5.75 Å². The van der Waals surface area contributed by atoms with Gasteiger partial charge in [-0.25, -0.2) is 4.52 Å². The average molecular weight is 526 g/mol. The van der Waals surface area contributed by atoms with E-state index in [1.807, 2.05) is 32.0 Å². The summed E-state index contributed by atoms with van der Waals surface area (Å²) in [5.74, 6) is 6.11. The molecule has 200 valence electrons. The molecule has 3 aromatic rings. The van der Waals surface area contributed by atoms with Gasteiger partial charge in [-0.2, -0.15) is 20.7 Å². The largest absolute Gasteiger partial charge is 0.484 e. The molecule has 1 amide bonds. The lowest BCUT2D eigenvalue weighted by Gasteiger charge is -2.26. The summed E-state index contributed by atoms with van der Waals surface area (Å²) in [7, 11) is 3.40. The number of aliphatic imine (C=N–C) groups is 1. The molecule has 1 aliphatic rings. The first-order valence-electron chi connectivity index (χ1n) is 12.6. The van der Waals surface area contributed by atoms with Crippen LogP contribution in [-0.4, -0.2) is 70.0 Å². The fourth-order valence-electron chi connectivity index (χ4n) is 4.73. The molecule has 1 aliphatic heterocycles. The number of benzene rings is 1. The molecule has 4 rings (SSSR count). The zero-order valence-corrected chi connectivity index (χ0v) is 22.5. The van der Waals surface area contributed by atoms with Gasteiger partial charge in [0.25, 0.3) is 5.91 Å². The van der Waals surface area contributed by atoms with Crippen LogP contribution in [0.15, 0.2) is 52.8 Å². The number of aromatic nitrogens is 2. The molecule has 1 aromatic carbocycles. The second-order valence-electron chi connectivity index (χ2n) is 9.61. The third kappa shape index (κ3) is 5.68. The Morgan fingerprint density at radius 3 is 2.62 bits per heavy atom. The molecule has 2 aromatic heterocycles. The van der Waals surface area contributed by atoms with Crippen molar-refractivity contribution in [1.29, 1.82) is 10.5 Å². The van der Waals surface area contributed by atoms with Gasteiger partial charge in [0.1, 0.15) is 34.7 Å². The quantitative estimate of drug-likeness (QED) is 0.216. The number of nitrogens with two attached hydrogens (primary N) is 1. The molecular weight excluding hydrogens is 494 g/mol. The number of fused-ring (bicyclic) bond motifs is 1. The van der Waals surface area contributed by atoms with E-state index in [2.05, 4.69) is 22.5 Å². The van der Waals surface area contributed by atoms with E-state index in [1.54, 1.807) is 41.8 Å². The summed E-state index contributed by atoms with van der Waals surface area (Å²) in [6.07, 6.45) is 6.41. The lowest BCUT2D eigenvalue weighted by molar-refractivity contribution is 0.0822. The van der Waals surface area contributed by atoms with Gasteiger partial charge in [-0.05, 0) is 38.8 Å². The number of likely N-dealkylation sites (tertiary alicyclic amines) is 1. The molecule has 2 N–H and O–H groups in total. The number of carbonyl (C=O) groups excluding carboxylic acids is 1. The summed E-state index contributed by atoms with van der Waals surface area (Å²) >= 11 is 0. The molecule has 0 spiro atoms. The van der Waals surface area contributed by atoms with Crippen molar-refractivity contribution in [2.45, 2.75) is 38.8 Å². The van der Waals surface area contributed by atoms with Gasteiger partial charge in [0.05, 0.1) is 18.0 Å². The Labute approximate surface area is 227 Å². The Morgan fingerprint density at radius 2 is 1.97 bits per heavy atom. The molecule has 0 bridgehead atoms. The van der Waals surface area contributed by atoms with Crippen LogP contribution in [-0.2, 0) is 0 Å². The summed E-state index contributed by atoms with van der Waals surface area (Å²) in [5, 5.41) is 27.2. The van der Waals surface area contributed by atoms with Crippen molar-refractivity contribution in [3.63, 3.8) is 0 Å². The van der Waals surface area contributed by atoms with Crippen LogP contribution in [0.1, 0.15) is 59.8 Å². The minimum Gasteiger partial charge on any atom is -0.484 e. The van der Waals surface area contributed by atoms with Crippen molar-refractivity contribution in [2.24, 2.45) is 15.9 Å². The number of nitriles is 2. The van der Waals surface area contributed by atoms with Gasteiger partial charge in [-0.15, -0.1) is 0 Å². The molecule has 1 saturated heterocycles. The highest BCUT2D eigenvalue weighted by Gasteiger charge is 2.23. The lowest BCUT2D eigenvalue weighted by atomic mass is 10.0. The van der Waals surface area contributed by atoms with Gasteiger partial charge in [0.2, 0.25) is 0 Å². The molecular formula is C28H31N9O2. The molecule has 11 heteroatoms. The van der Waals surface area contributed by atoms with Gasteiger partial charge in [0, 0.05) is 50.1 Å². The van der Waals surface area contributed by atoms with Crippen molar-refractivity contribution in [3.05, 3.63) is 65.0 Å². The third-order valence-electron chi connectivity index (χ3n) is 6.76. The standard InChI is InChI=1S/C28H31N9O2/c1-18(33-22-9-11-36(17-30)12-10-22)26(34-31)20-13-25(27-21(14-29)15-32-37(27)16-20)39-19(2)23-7-5-6-8-24(23)28(38)35(3)4/h5-8,13,15-16,19,22H,9-12,31H2,1-4H3/b33-18?,34-26+. The summed E-state index contributed by atoms with van der Waals surface area (Å²) in [5.41, 5.74) is 3.84. The molecule has 0 aliphatic carbocycles. The summed E-state index contributed by atoms with van der Waals surface area (Å²) < 4.78 is 7.99. The van der Waals surface area contributed by atoms with E-state index in [9.17, 15) is 10.1 Å². The number of rotatable bonds is 7. The minimum atomic E-state index is -0.524. The van der Waals surface area contributed by atoms with Crippen molar-refractivity contribution in [1.82, 2.24) is 19.4 Å². The van der Waals surface area contributed by atoms with E-state index in [1.165, 1.54) is 11.1 Å². The molecule has 3 heterocycles. The first-order valence-corrected chi connectivity index (χ1v) is 12.6. The van der Waals surface area contributed by atoms with Crippen LogP contribution >= 0.6 is 0 Å². The Hall–Kier alpha value is -4.90. The monoisotopic (exact) mass is 525 g/mol. The number of hydrogen-bond acceptors (Lipinski definition) is 9. The number of carbonyl (C=O) groups is 1. The second-order valence-corrected chi connectivity index (χ2v) is 9.61. The Kier molecular flexibility index (Phi) is 8.11. The zero-order valence-electron chi connectivity index (χ0n) is 22.5. The molecule has 11 nitrogen and oxygen atoms in total. The molecule has 1 atom stereocenters. The van der Waals surface area contributed by atoms with Crippen molar-refractivity contribution in [2.75, 3.05) is 27.2 Å². The Bertz CT molecular complexity index is 1520. The van der Waals surface area contributed by atoms with E-state index in [0.717, 1.165) is 12.8 Å². The highest BCUT2D eigenvalue weighted by Crippen LogP contribution is 2.31. The van der Waals surface area contributed by atoms with Crippen molar-refractivity contribution >= 4 is 22.8 Å². The maximum atomic E-state index is 12.8. The van der Waals surface area contributed by atoms with E-state index in [0.29, 0.717) is 58.0 Å². The highest BCUT2D eigenvalue weighted by molar-refractivity contribution is 6.47. The van der Waals surface area contributed by atoms with Crippen molar-refractivity contribution in [3.8, 4) is 18.0 Å². The van der Waals surface area contributed by atoms with E-state index in [4.69, 9.17) is 20.8 Å². The smallest absolute Gasteiger partial charge is 0.253 e. The number of hydrazone groups is 1. The topological polar surface area (TPSA) is 148 Å². The summed E-state index contributed by atoms with van der Waals surface area (Å²) in [4.78, 5) is 20.9. The average Bonchev–Trinajstić information content (AvgIpc) is 3.37. The minimum absolute atomic E-state index is 0.0615. The first kappa shape index (κ1) is 27.1. The SMILES string of the molecule is CC(=NC1CCN(C#N)CC1)/C(=N\N)c1cc(OC(C)c2ccccc2C(=O)N(C)C)c2c(C#N)cnn2c1. The number of ether oxygens (including phenoxy) is 1. The second kappa shape index (κ2) is 11.7. The zero-order chi connectivity index (χ0) is 28.1. The molecule has 1 unspecified atom stereocenters. The highest BCUT2D eigenvalue weighted by atomic mass is 16.5. The Balaban J connectivity index is 1.72. The van der Waals surface area contributed by atoms with E-state index in [-0.39, 0.29) is 11.9 Å². The van der Waals surface area contributed by atoms with Gasteiger partial charge >= 0.3 is 0 Å². The number of amides is 1. The first-order chi connectivity index (χ1) is 18.8. The van der Waals surface area contributed by atoms with Gasteiger partial charge in [0.15, 0.2) is 6.19 Å². The van der Waals surface area contributed by atoms with Crippen LogP contribution in [0.3, 0.4) is 0 Å². The van der Waals surface area contributed by atoms with Gasteiger partial charge < -0.3 is 20.4 Å². The van der Waals surface area contributed by atoms with E-state index >= 15 is 0 Å². The van der Waals surface area contributed by atoms with E-state index < -0.39 is 6.10 Å². The number of nitrogens with zero attached hydrogens (tertiary/aromatic N) is 8. The molecule has 0 radical (unpaired) electrons.